The minimum atomic E-state index is -0.724. The van der Waals surface area contributed by atoms with Gasteiger partial charge in [-0.25, -0.2) is 0 Å². The van der Waals surface area contributed by atoms with Crippen LogP contribution in [-0.4, -0.2) is 4.57 Å². The molecule has 15 rings (SSSR count). The van der Waals surface area contributed by atoms with Gasteiger partial charge in [-0.3, -0.25) is 0 Å². The van der Waals surface area contributed by atoms with E-state index < -0.39 is 5.41 Å². The molecule has 3 heteroatoms. The van der Waals surface area contributed by atoms with Crippen LogP contribution in [0.2, 0.25) is 0 Å². The Morgan fingerprint density at radius 2 is 0.943 bits per heavy atom. The van der Waals surface area contributed by atoms with Gasteiger partial charge in [0.25, 0.3) is 0 Å². The molecule has 0 amide bonds. The molecule has 0 unspecified atom stereocenters. The van der Waals surface area contributed by atoms with Gasteiger partial charge in [0.2, 0.25) is 0 Å². The SMILES string of the molecule is c1ccc(-c2cccc(C3(c4cccc(-c5ccccc5)c4)c4cccc5c4-c4c3cc(-c3ccccc3Nc3cccc6c3sc3ccccc36)c3c6ccccc6n(c43)-c3ccccc3-5)c2)cc1. The maximum absolute atomic E-state index is 4.06. The summed E-state index contributed by atoms with van der Waals surface area (Å²) in [5.41, 5.74) is 22.4. The molecule has 2 aromatic heterocycles. The first kappa shape index (κ1) is 39.3. The summed E-state index contributed by atoms with van der Waals surface area (Å²) in [5, 5.41) is 9.12. The first-order valence-electron chi connectivity index (χ1n) is 24.2. The highest BCUT2D eigenvalue weighted by Gasteiger charge is 2.50. The molecule has 70 heavy (non-hydrogen) atoms. The van der Waals surface area contributed by atoms with Crippen molar-refractivity contribution in [1.29, 1.82) is 0 Å². The molecule has 0 saturated carbocycles. The van der Waals surface area contributed by atoms with Crippen LogP contribution in [0.15, 0.2) is 249 Å². The third-order valence-electron chi connectivity index (χ3n) is 15.2. The first-order chi connectivity index (χ1) is 34.7. The number of para-hydroxylation sites is 3. The van der Waals surface area contributed by atoms with Gasteiger partial charge in [0.15, 0.2) is 0 Å². The summed E-state index contributed by atoms with van der Waals surface area (Å²) < 4.78 is 5.15. The van der Waals surface area contributed by atoms with Gasteiger partial charge in [0.05, 0.1) is 32.5 Å². The van der Waals surface area contributed by atoms with Gasteiger partial charge >= 0.3 is 0 Å². The topological polar surface area (TPSA) is 17.0 Å². The van der Waals surface area contributed by atoms with Crippen molar-refractivity contribution >= 4 is 64.7 Å². The van der Waals surface area contributed by atoms with E-state index in [4.69, 9.17) is 0 Å². The number of hydrogen-bond donors (Lipinski definition) is 1. The average molecular weight is 907 g/mol. The molecule has 326 valence electrons. The van der Waals surface area contributed by atoms with E-state index >= 15 is 0 Å². The summed E-state index contributed by atoms with van der Waals surface area (Å²) in [5.74, 6) is 0. The lowest BCUT2D eigenvalue weighted by Gasteiger charge is -2.35. The Labute approximate surface area is 410 Å². The van der Waals surface area contributed by atoms with Crippen LogP contribution in [-0.2, 0) is 5.41 Å². The molecular formula is C67H42N2S. The molecule has 0 bridgehead atoms. The van der Waals surface area contributed by atoms with Gasteiger partial charge in [-0.2, -0.15) is 0 Å². The van der Waals surface area contributed by atoms with Crippen LogP contribution < -0.4 is 5.32 Å². The fourth-order valence-corrected chi connectivity index (χ4v) is 13.5. The molecule has 0 spiro atoms. The molecule has 0 saturated heterocycles. The minimum absolute atomic E-state index is 0.724. The van der Waals surface area contributed by atoms with Crippen molar-refractivity contribution in [2.45, 2.75) is 5.41 Å². The van der Waals surface area contributed by atoms with E-state index in [1.54, 1.807) is 0 Å². The minimum Gasteiger partial charge on any atom is -0.354 e. The normalized spacial score (nSPS) is 13.0. The van der Waals surface area contributed by atoms with Crippen LogP contribution in [0.1, 0.15) is 22.3 Å². The highest BCUT2D eigenvalue weighted by Crippen LogP contribution is 2.64. The Balaban J connectivity index is 1.11. The number of rotatable bonds is 7. The summed E-state index contributed by atoms with van der Waals surface area (Å²) in [6, 6.07) is 92.7. The van der Waals surface area contributed by atoms with E-state index in [9.17, 15) is 0 Å². The zero-order valence-corrected chi connectivity index (χ0v) is 38.8. The zero-order valence-electron chi connectivity index (χ0n) is 38.0. The fraction of sp³-hybridized carbons (Fsp3) is 0.0149. The number of anilines is 2. The van der Waals surface area contributed by atoms with Crippen molar-refractivity contribution in [1.82, 2.24) is 4.57 Å². The van der Waals surface area contributed by atoms with Crippen LogP contribution in [0.5, 0.6) is 0 Å². The highest BCUT2D eigenvalue weighted by molar-refractivity contribution is 7.26. The smallest absolute Gasteiger partial charge is 0.0715 e. The third-order valence-corrected chi connectivity index (χ3v) is 16.4. The molecule has 1 aliphatic carbocycles. The molecular weight excluding hydrogens is 865 g/mol. The van der Waals surface area contributed by atoms with Crippen molar-refractivity contribution < 1.29 is 0 Å². The van der Waals surface area contributed by atoms with Crippen molar-refractivity contribution in [3.8, 4) is 61.3 Å². The zero-order chi connectivity index (χ0) is 45.9. The highest BCUT2D eigenvalue weighted by atomic mass is 32.1. The average Bonchev–Trinajstić information content (AvgIpc) is 4.06. The van der Waals surface area contributed by atoms with Gasteiger partial charge in [-0.1, -0.05) is 200 Å². The Kier molecular flexibility index (Phi) is 8.48. The van der Waals surface area contributed by atoms with E-state index in [0.29, 0.717) is 0 Å². The second kappa shape index (κ2) is 15.1. The first-order valence-corrected chi connectivity index (χ1v) is 25.0. The van der Waals surface area contributed by atoms with Crippen LogP contribution in [0, 0.1) is 0 Å². The van der Waals surface area contributed by atoms with Crippen LogP contribution in [0.3, 0.4) is 0 Å². The van der Waals surface area contributed by atoms with Gasteiger partial charge in [0.1, 0.15) is 0 Å². The monoisotopic (exact) mass is 906 g/mol. The molecule has 1 N–H and O–H groups in total. The number of benzene rings is 11. The molecule has 11 aromatic carbocycles. The van der Waals surface area contributed by atoms with Gasteiger partial charge in [0, 0.05) is 48.6 Å². The maximum atomic E-state index is 4.06. The second-order valence-electron chi connectivity index (χ2n) is 18.8. The predicted molar refractivity (Wildman–Crippen MR) is 296 cm³/mol. The number of thiophene rings is 1. The molecule has 2 nitrogen and oxygen atoms in total. The largest absolute Gasteiger partial charge is 0.354 e. The van der Waals surface area contributed by atoms with E-state index in [1.165, 1.54) is 120 Å². The lowest BCUT2D eigenvalue weighted by molar-refractivity contribution is 0.770. The van der Waals surface area contributed by atoms with Gasteiger partial charge in [-0.15, -0.1) is 11.3 Å². The standard InChI is InChI=1S/C67H42N2S/c1-3-19-42(20-4-1)44-23-15-25-46(39-44)67(47-26-16-24-45(40-47)43-21-5-2-6-22-43)55-33-17-31-51-49-28-8-12-36-59(49)69-60-37-13-9-30-53(60)62-54(41-56(67)64(63(51)55)65(62)69)48-27-7-11-34-57(48)68-58-35-18-32-52-50-29-10-14-38-61(50)70-66(52)58/h1-41,68H. The predicted octanol–water partition coefficient (Wildman–Crippen LogP) is 18.2. The number of fused-ring (bicyclic) bond motifs is 9. The summed E-state index contributed by atoms with van der Waals surface area (Å²) in [6.45, 7) is 0. The van der Waals surface area contributed by atoms with E-state index in [1.807, 2.05) is 11.3 Å². The molecule has 0 fully saturated rings. The van der Waals surface area contributed by atoms with Crippen molar-refractivity contribution in [3.63, 3.8) is 0 Å². The Bertz CT molecular complexity index is 4190. The lowest BCUT2D eigenvalue weighted by atomic mass is 9.66. The Hall–Kier alpha value is -8.76. The summed E-state index contributed by atoms with van der Waals surface area (Å²) >= 11 is 1.86. The molecule has 1 aliphatic heterocycles. The summed E-state index contributed by atoms with van der Waals surface area (Å²) in [7, 11) is 0. The van der Waals surface area contributed by atoms with Crippen molar-refractivity contribution in [3.05, 3.63) is 271 Å². The number of hydrogen-bond acceptors (Lipinski definition) is 2. The van der Waals surface area contributed by atoms with E-state index in [-0.39, 0.29) is 0 Å². The lowest BCUT2D eigenvalue weighted by Crippen LogP contribution is -2.29. The Morgan fingerprint density at radius 1 is 0.371 bits per heavy atom. The maximum Gasteiger partial charge on any atom is 0.0715 e. The quantitative estimate of drug-likeness (QED) is 0.169. The molecule has 0 atom stereocenters. The van der Waals surface area contributed by atoms with E-state index in [0.717, 1.165) is 16.9 Å². The van der Waals surface area contributed by atoms with E-state index in [2.05, 4.69) is 259 Å². The third kappa shape index (κ3) is 5.49. The van der Waals surface area contributed by atoms with Crippen LogP contribution in [0.4, 0.5) is 11.4 Å². The molecule has 0 radical (unpaired) electrons. The van der Waals surface area contributed by atoms with Crippen molar-refractivity contribution in [2.24, 2.45) is 0 Å². The second-order valence-corrected chi connectivity index (χ2v) is 19.8. The number of nitrogens with zero attached hydrogens (tertiary/aromatic N) is 1. The molecule has 3 heterocycles. The number of aromatic nitrogens is 1. The molecule has 2 aliphatic rings. The fourth-order valence-electron chi connectivity index (χ4n) is 12.3. The summed E-state index contributed by atoms with van der Waals surface area (Å²) in [4.78, 5) is 0. The van der Waals surface area contributed by atoms with Gasteiger partial charge < -0.3 is 9.88 Å². The summed E-state index contributed by atoms with van der Waals surface area (Å²) in [6.07, 6.45) is 0. The molecule has 13 aromatic rings. The number of nitrogens with one attached hydrogen (secondary N) is 1. The van der Waals surface area contributed by atoms with Gasteiger partial charge in [-0.05, 0) is 110 Å². The Morgan fingerprint density at radius 3 is 1.71 bits per heavy atom. The van der Waals surface area contributed by atoms with Crippen LogP contribution >= 0.6 is 11.3 Å². The van der Waals surface area contributed by atoms with Crippen molar-refractivity contribution in [2.75, 3.05) is 5.32 Å². The van der Waals surface area contributed by atoms with Crippen LogP contribution in [0.25, 0.3) is 103 Å².